The molecule has 2 fully saturated rings. The van der Waals surface area contributed by atoms with Crippen LogP contribution in [0.4, 0.5) is 0 Å². The molecule has 0 heteroatoms. The summed E-state index contributed by atoms with van der Waals surface area (Å²) >= 11 is 0. The average molecular weight is 369 g/mol. The molecule has 0 nitrogen and oxygen atoms in total. The van der Waals surface area contributed by atoms with E-state index in [1.807, 2.05) is 0 Å². The number of rotatable bonds is 7. The monoisotopic (exact) mass is 368 g/mol. The van der Waals surface area contributed by atoms with Gasteiger partial charge in [0.1, 0.15) is 0 Å². The molecule has 0 amide bonds. The van der Waals surface area contributed by atoms with Gasteiger partial charge in [-0.2, -0.15) is 0 Å². The second-order valence-corrected chi connectivity index (χ2v) is 10.2. The maximum Gasteiger partial charge on any atom is -0.0162 e. The van der Waals surface area contributed by atoms with Gasteiger partial charge in [-0.1, -0.05) is 82.7 Å². The summed E-state index contributed by atoms with van der Waals surface area (Å²) in [6.07, 6.45) is 16.3. The van der Waals surface area contributed by atoms with E-state index in [1.165, 1.54) is 76.2 Å². The lowest BCUT2D eigenvalue weighted by molar-refractivity contribution is 0.118. The fourth-order valence-corrected chi connectivity index (χ4v) is 6.19. The zero-order valence-electron chi connectivity index (χ0n) is 18.6. The van der Waals surface area contributed by atoms with Crippen molar-refractivity contribution in [2.24, 2.45) is 29.6 Å². The number of unbranched alkanes of at least 4 members (excludes halogenated alkanes) is 1. The van der Waals surface area contributed by atoms with Crippen molar-refractivity contribution in [2.75, 3.05) is 0 Å². The summed E-state index contributed by atoms with van der Waals surface area (Å²) in [4.78, 5) is 0. The fourth-order valence-electron chi connectivity index (χ4n) is 6.19. The van der Waals surface area contributed by atoms with Gasteiger partial charge in [0, 0.05) is 0 Å². The molecule has 1 aromatic rings. The van der Waals surface area contributed by atoms with E-state index >= 15 is 0 Å². The van der Waals surface area contributed by atoms with E-state index in [9.17, 15) is 0 Å². The SMILES string of the molecule is CCCCC1CCC(C(C)C2CCC(C(C)c3ccc(C)cc3)CC2)CC1. The summed E-state index contributed by atoms with van der Waals surface area (Å²) in [5.74, 6) is 5.69. The molecule has 152 valence electrons. The normalized spacial score (nSPS) is 31.4. The molecule has 2 saturated carbocycles. The van der Waals surface area contributed by atoms with Gasteiger partial charge in [-0.3, -0.25) is 0 Å². The number of aryl methyl sites for hydroxylation is 1. The molecule has 0 bridgehead atoms. The Kier molecular flexibility index (Phi) is 7.86. The Bertz CT molecular complexity index is 526. The summed E-state index contributed by atoms with van der Waals surface area (Å²) in [6.45, 7) is 9.60. The highest BCUT2D eigenvalue weighted by molar-refractivity contribution is 5.24. The highest BCUT2D eigenvalue weighted by Gasteiger charge is 2.33. The standard InChI is InChI=1S/C27H44/c1-5-6-7-23-10-14-25(15-11-23)22(4)27-18-16-26(17-19-27)21(3)24-12-8-20(2)9-13-24/h8-9,12-13,21-23,25-27H,5-7,10-11,14-19H2,1-4H3. The molecule has 27 heavy (non-hydrogen) atoms. The van der Waals surface area contributed by atoms with Gasteiger partial charge >= 0.3 is 0 Å². The maximum absolute atomic E-state index is 2.60. The number of benzene rings is 1. The van der Waals surface area contributed by atoms with Gasteiger partial charge in [0.2, 0.25) is 0 Å². The largest absolute Gasteiger partial charge is 0.0654 e. The van der Waals surface area contributed by atoms with Crippen LogP contribution in [-0.2, 0) is 0 Å². The van der Waals surface area contributed by atoms with Gasteiger partial charge in [0.05, 0.1) is 0 Å². The molecule has 0 radical (unpaired) electrons. The second-order valence-electron chi connectivity index (χ2n) is 10.2. The summed E-state index contributed by atoms with van der Waals surface area (Å²) in [6, 6.07) is 9.31. The summed E-state index contributed by atoms with van der Waals surface area (Å²) < 4.78 is 0. The van der Waals surface area contributed by atoms with Crippen molar-refractivity contribution in [3.8, 4) is 0 Å². The van der Waals surface area contributed by atoms with E-state index in [2.05, 4.69) is 52.0 Å². The van der Waals surface area contributed by atoms with Crippen molar-refractivity contribution in [3.63, 3.8) is 0 Å². The van der Waals surface area contributed by atoms with Gasteiger partial charge in [-0.05, 0) is 86.5 Å². The van der Waals surface area contributed by atoms with E-state index in [-0.39, 0.29) is 0 Å². The second kappa shape index (κ2) is 10.1. The van der Waals surface area contributed by atoms with Crippen molar-refractivity contribution < 1.29 is 0 Å². The van der Waals surface area contributed by atoms with E-state index < -0.39 is 0 Å². The predicted molar refractivity (Wildman–Crippen MR) is 119 cm³/mol. The van der Waals surface area contributed by atoms with Gasteiger partial charge in [0.15, 0.2) is 0 Å². The molecule has 0 saturated heterocycles. The van der Waals surface area contributed by atoms with E-state index in [0.717, 1.165) is 35.5 Å². The van der Waals surface area contributed by atoms with Gasteiger partial charge in [0.25, 0.3) is 0 Å². The van der Waals surface area contributed by atoms with Crippen LogP contribution in [0, 0.1) is 36.5 Å². The van der Waals surface area contributed by atoms with Crippen LogP contribution in [0.25, 0.3) is 0 Å². The fraction of sp³-hybridized carbons (Fsp3) is 0.778. The van der Waals surface area contributed by atoms with Crippen molar-refractivity contribution in [1.29, 1.82) is 0 Å². The van der Waals surface area contributed by atoms with Crippen LogP contribution in [0.1, 0.15) is 108 Å². The highest BCUT2D eigenvalue weighted by Crippen LogP contribution is 2.45. The summed E-state index contributed by atoms with van der Waals surface area (Å²) in [7, 11) is 0. The van der Waals surface area contributed by atoms with Crippen LogP contribution in [0.3, 0.4) is 0 Å². The Morgan fingerprint density at radius 3 is 1.85 bits per heavy atom. The smallest absolute Gasteiger partial charge is 0.0162 e. The Hall–Kier alpha value is -0.780. The summed E-state index contributed by atoms with van der Waals surface area (Å²) in [5.41, 5.74) is 2.94. The van der Waals surface area contributed by atoms with Crippen LogP contribution in [0.15, 0.2) is 24.3 Å². The molecule has 2 aliphatic carbocycles. The molecule has 0 spiro atoms. The first kappa shape index (κ1) is 20.9. The Morgan fingerprint density at radius 1 is 0.778 bits per heavy atom. The van der Waals surface area contributed by atoms with Gasteiger partial charge in [-0.15, -0.1) is 0 Å². The molecule has 0 heterocycles. The first-order chi connectivity index (χ1) is 13.1. The van der Waals surface area contributed by atoms with Crippen LogP contribution in [-0.4, -0.2) is 0 Å². The predicted octanol–water partition coefficient (Wildman–Crippen LogP) is 8.54. The molecule has 3 rings (SSSR count). The summed E-state index contributed by atoms with van der Waals surface area (Å²) in [5, 5.41) is 0. The molecule has 0 aliphatic heterocycles. The third kappa shape index (κ3) is 5.61. The van der Waals surface area contributed by atoms with E-state index in [0.29, 0.717) is 0 Å². The minimum atomic E-state index is 0.732. The average Bonchev–Trinajstić information content (AvgIpc) is 2.72. The third-order valence-corrected chi connectivity index (χ3v) is 8.47. The van der Waals surface area contributed by atoms with Crippen molar-refractivity contribution in [3.05, 3.63) is 35.4 Å². The van der Waals surface area contributed by atoms with Crippen LogP contribution < -0.4 is 0 Å². The quantitative estimate of drug-likeness (QED) is 0.452. The lowest BCUT2D eigenvalue weighted by Crippen LogP contribution is -2.29. The van der Waals surface area contributed by atoms with E-state index in [4.69, 9.17) is 0 Å². The lowest BCUT2D eigenvalue weighted by atomic mass is 9.65. The Balaban J connectivity index is 1.44. The molecule has 2 unspecified atom stereocenters. The minimum absolute atomic E-state index is 0.732. The molecule has 0 aromatic heterocycles. The van der Waals surface area contributed by atoms with Crippen molar-refractivity contribution in [2.45, 2.75) is 104 Å². The van der Waals surface area contributed by atoms with Crippen molar-refractivity contribution >= 4 is 0 Å². The number of hydrogen-bond acceptors (Lipinski definition) is 0. The number of hydrogen-bond donors (Lipinski definition) is 0. The highest BCUT2D eigenvalue weighted by atomic mass is 14.4. The topological polar surface area (TPSA) is 0 Å². The van der Waals surface area contributed by atoms with Gasteiger partial charge in [-0.25, -0.2) is 0 Å². The zero-order valence-corrected chi connectivity index (χ0v) is 18.6. The zero-order chi connectivity index (χ0) is 19.2. The lowest BCUT2D eigenvalue weighted by Gasteiger charge is -2.40. The molecule has 0 N–H and O–H groups in total. The molecule has 2 atom stereocenters. The maximum atomic E-state index is 2.60. The first-order valence-corrected chi connectivity index (χ1v) is 12.1. The van der Waals surface area contributed by atoms with Crippen LogP contribution >= 0.6 is 0 Å². The van der Waals surface area contributed by atoms with Crippen LogP contribution in [0.5, 0.6) is 0 Å². The third-order valence-electron chi connectivity index (χ3n) is 8.47. The molecule has 2 aliphatic rings. The van der Waals surface area contributed by atoms with Crippen molar-refractivity contribution in [1.82, 2.24) is 0 Å². The Labute approximate surface area is 169 Å². The molecular formula is C27H44. The molecule has 1 aromatic carbocycles. The van der Waals surface area contributed by atoms with Gasteiger partial charge < -0.3 is 0 Å². The minimum Gasteiger partial charge on any atom is -0.0654 e. The molecular weight excluding hydrogens is 324 g/mol. The van der Waals surface area contributed by atoms with E-state index in [1.54, 1.807) is 5.56 Å². The van der Waals surface area contributed by atoms with Crippen LogP contribution in [0.2, 0.25) is 0 Å². The Morgan fingerprint density at radius 2 is 1.30 bits per heavy atom. The first-order valence-electron chi connectivity index (χ1n) is 12.1.